The van der Waals surface area contributed by atoms with E-state index in [1.165, 1.54) is 32.9 Å². The smallest absolute Gasteiger partial charge is 0.196 e. The molecule has 0 saturated carbocycles. The third-order valence-corrected chi connectivity index (χ3v) is 11.2. The molecule has 4 nitrogen and oxygen atoms in total. The van der Waals surface area contributed by atoms with Crippen LogP contribution in [0.15, 0.2) is 212 Å². The SMILES string of the molecule is c1ccc(-c2cccc(N(c3ccc(-c4cccc5ccc6c(c45)OC(c4ccccc4)N6)cc3)c3ccc4c(c3)c3ccccc3n4-c3ccccc3)c2)cc1. The van der Waals surface area contributed by atoms with Crippen LogP contribution in [0, 0.1) is 0 Å². The second kappa shape index (κ2) is 13.6. The Hall–Kier alpha value is -7.56. The van der Waals surface area contributed by atoms with Crippen molar-refractivity contribution in [2.45, 2.75) is 6.23 Å². The molecule has 1 atom stereocenters. The number of anilines is 4. The van der Waals surface area contributed by atoms with Gasteiger partial charge in [0, 0.05) is 44.5 Å². The molecule has 0 spiro atoms. The molecule has 2 heterocycles. The maximum atomic E-state index is 6.67. The number of nitrogens with zero attached hydrogens (tertiary/aromatic N) is 2. The van der Waals surface area contributed by atoms with Crippen molar-refractivity contribution >= 4 is 55.3 Å². The van der Waals surface area contributed by atoms with Crippen LogP contribution in [0.3, 0.4) is 0 Å². The minimum absolute atomic E-state index is 0.235. The summed E-state index contributed by atoms with van der Waals surface area (Å²) in [5.41, 5.74) is 13.5. The number of rotatable bonds is 7. The van der Waals surface area contributed by atoms with Crippen molar-refractivity contribution in [3.63, 3.8) is 0 Å². The van der Waals surface area contributed by atoms with Crippen LogP contribution < -0.4 is 15.0 Å². The maximum Gasteiger partial charge on any atom is 0.196 e. The lowest BCUT2D eigenvalue weighted by atomic mass is 9.96. The van der Waals surface area contributed by atoms with Crippen LogP contribution in [0.4, 0.5) is 22.7 Å². The van der Waals surface area contributed by atoms with Crippen LogP contribution in [-0.2, 0) is 0 Å². The molecule has 10 aromatic rings. The molecule has 270 valence electrons. The topological polar surface area (TPSA) is 29.4 Å². The predicted octanol–water partition coefficient (Wildman–Crippen LogP) is 14.2. The molecule has 4 heteroatoms. The van der Waals surface area contributed by atoms with Crippen molar-refractivity contribution in [2.24, 2.45) is 0 Å². The number of fused-ring (bicyclic) bond motifs is 6. The Balaban J connectivity index is 1.05. The molecule has 0 aliphatic carbocycles. The first kappa shape index (κ1) is 32.8. The Kier molecular flexibility index (Phi) is 7.85. The summed E-state index contributed by atoms with van der Waals surface area (Å²) in [6.07, 6.45) is -0.235. The molecule has 1 aliphatic heterocycles. The number of ether oxygens (including phenoxy) is 1. The van der Waals surface area contributed by atoms with Gasteiger partial charge in [-0.25, -0.2) is 0 Å². The normalized spacial score (nSPS) is 13.4. The third kappa shape index (κ3) is 5.70. The van der Waals surface area contributed by atoms with Crippen LogP contribution in [-0.4, -0.2) is 4.57 Å². The van der Waals surface area contributed by atoms with Crippen molar-refractivity contribution in [2.75, 3.05) is 10.2 Å². The quantitative estimate of drug-likeness (QED) is 0.177. The lowest BCUT2D eigenvalue weighted by Crippen LogP contribution is -2.10. The summed E-state index contributed by atoms with van der Waals surface area (Å²) in [6, 6.07) is 75.8. The van der Waals surface area contributed by atoms with Gasteiger partial charge in [0.1, 0.15) is 0 Å². The summed E-state index contributed by atoms with van der Waals surface area (Å²) in [5, 5.41) is 8.29. The second-order valence-corrected chi connectivity index (χ2v) is 14.6. The van der Waals surface area contributed by atoms with E-state index in [2.05, 4.69) is 221 Å². The van der Waals surface area contributed by atoms with Gasteiger partial charge in [-0.05, 0) is 94.4 Å². The van der Waals surface area contributed by atoms with E-state index in [0.717, 1.165) is 61.6 Å². The summed E-state index contributed by atoms with van der Waals surface area (Å²) < 4.78 is 9.04. The van der Waals surface area contributed by atoms with E-state index in [9.17, 15) is 0 Å². The zero-order valence-corrected chi connectivity index (χ0v) is 31.1. The number of hydrogen-bond acceptors (Lipinski definition) is 3. The first-order chi connectivity index (χ1) is 28.3. The Morgan fingerprint density at radius 2 is 1.12 bits per heavy atom. The molecular weight excluding hydrogens is 695 g/mol. The molecule has 0 amide bonds. The molecule has 1 N–H and O–H groups in total. The third-order valence-electron chi connectivity index (χ3n) is 11.2. The Morgan fingerprint density at radius 1 is 0.456 bits per heavy atom. The zero-order valence-electron chi connectivity index (χ0n) is 31.1. The minimum Gasteiger partial charge on any atom is -0.464 e. The van der Waals surface area contributed by atoms with Crippen molar-refractivity contribution in [3.05, 3.63) is 218 Å². The standard InChI is InChI=1S/C53H37N3O/c1-4-14-36(15-5-1)40-19-12-22-43(34-40)55(44-31-33-50-47(35-44)46-23-10-11-25-49(46)56(50)41-20-8-3-9-21-41)42-29-26-37(27-30-42)45-24-13-18-38-28-32-48-52(51(38)45)57-53(54-48)39-16-6-2-7-17-39/h1-35,53-54H. The first-order valence-electron chi connectivity index (χ1n) is 19.5. The van der Waals surface area contributed by atoms with E-state index >= 15 is 0 Å². The van der Waals surface area contributed by atoms with E-state index in [-0.39, 0.29) is 6.23 Å². The summed E-state index contributed by atoms with van der Waals surface area (Å²) in [6.45, 7) is 0. The van der Waals surface area contributed by atoms with Gasteiger partial charge < -0.3 is 19.5 Å². The Morgan fingerprint density at radius 3 is 1.95 bits per heavy atom. The van der Waals surface area contributed by atoms with Crippen LogP contribution in [0.2, 0.25) is 0 Å². The first-order valence-corrected chi connectivity index (χ1v) is 19.5. The average molecular weight is 732 g/mol. The highest BCUT2D eigenvalue weighted by atomic mass is 16.5. The van der Waals surface area contributed by atoms with Gasteiger partial charge in [0.25, 0.3) is 0 Å². The molecule has 0 saturated heterocycles. The van der Waals surface area contributed by atoms with Gasteiger partial charge in [0.05, 0.1) is 16.7 Å². The highest BCUT2D eigenvalue weighted by Gasteiger charge is 2.27. The van der Waals surface area contributed by atoms with Crippen molar-refractivity contribution in [1.29, 1.82) is 0 Å². The molecule has 1 unspecified atom stereocenters. The number of hydrogen-bond donors (Lipinski definition) is 1. The summed E-state index contributed by atoms with van der Waals surface area (Å²) >= 11 is 0. The van der Waals surface area contributed by atoms with Gasteiger partial charge in [-0.1, -0.05) is 146 Å². The van der Waals surface area contributed by atoms with E-state index < -0.39 is 0 Å². The molecule has 0 bridgehead atoms. The molecule has 1 aliphatic rings. The van der Waals surface area contributed by atoms with Crippen molar-refractivity contribution < 1.29 is 4.74 Å². The number of nitrogens with one attached hydrogen (secondary N) is 1. The van der Waals surface area contributed by atoms with E-state index in [1.54, 1.807) is 0 Å². The maximum absolute atomic E-state index is 6.67. The fourth-order valence-corrected chi connectivity index (χ4v) is 8.54. The largest absolute Gasteiger partial charge is 0.464 e. The molecule has 9 aromatic carbocycles. The number of aromatic nitrogens is 1. The second-order valence-electron chi connectivity index (χ2n) is 14.6. The fraction of sp³-hybridized carbons (Fsp3) is 0.0189. The fourth-order valence-electron chi connectivity index (χ4n) is 8.54. The van der Waals surface area contributed by atoms with Gasteiger partial charge in [-0.15, -0.1) is 0 Å². The molecule has 0 radical (unpaired) electrons. The predicted molar refractivity (Wildman–Crippen MR) is 237 cm³/mol. The molecule has 11 rings (SSSR count). The molecule has 1 aromatic heterocycles. The van der Waals surface area contributed by atoms with E-state index in [4.69, 9.17) is 4.74 Å². The van der Waals surface area contributed by atoms with Crippen molar-refractivity contribution in [3.8, 4) is 33.7 Å². The zero-order chi connectivity index (χ0) is 37.7. The van der Waals surface area contributed by atoms with E-state index in [0.29, 0.717) is 0 Å². The molecular formula is C53H37N3O. The lowest BCUT2D eigenvalue weighted by Gasteiger charge is -2.26. The van der Waals surface area contributed by atoms with Crippen LogP contribution >= 0.6 is 0 Å². The van der Waals surface area contributed by atoms with E-state index in [1.807, 2.05) is 6.07 Å². The summed E-state index contributed by atoms with van der Waals surface area (Å²) in [4.78, 5) is 2.38. The van der Waals surface area contributed by atoms with Crippen LogP contribution in [0.25, 0.3) is 60.5 Å². The van der Waals surface area contributed by atoms with Gasteiger partial charge in [-0.2, -0.15) is 0 Å². The lowest BCUT2D eigenvalue weighted by molar-refractivity contribution is 0.262. The molecule has 57 heavy (non-hydrogen) atoms. The van der Waals surface area contributed by atoms with Gasteiger partial charge >= 0.3 is 0 Å². The minimum atomic E-state index is -0.235. The number of benzene rings is 9. The summed E-state index contributed by atoms with van der Waals surface area (Å²) in [7, 11) is 0. The van der Waals surface area contributed by atoms with Gasteiger partial charge in [0.15, 0.2) is 12.0 Å². The van der Waals surface area contributed by atoms with Crippen molar-refractivity contribution in [1.82, 2.24) is 4.57 Å². The monoisotopic (exact) mass is 731 g/mol. The van der Waals surface area contributed by atoms with Gasteiger partial charge in [-0.3, -0.25) is 0 Å². The Labute approximate surface area is 331 Å². The highest BCUT2D eigenvalue weighted by Crippen LogP contribution is 2.47. The average Bonchev–Trinajstić information content (AvgIpc) is 3.88. The van der Waals surface area contributed by atoms with Gasteiger partial charge in [0.2, 0.25) is 0 Å². The molecule has 0 fully saturated rings. The van der Waals surface area contributed by atoms with Crippen LogP contribution in [0.5, 0.6) is 5.75 Å². The Bertz CT molecular complexity index is 3060. The number of para-hydroxylation sites is 2. The summed E-state index contributed by atoms with van der Waals surface area (Å²) in [5.74, 6) is 0.892. The highest BCUT2D eigenvalue weighted by molar-refractivity contribution is 6.11. The van der Waals surface area contributed by atoms with Crippen LogP contribution in [0.1, 0.15) is 11.8 Å².